The molecule has 156 valence electrons. The molecular weight excluding hydrogens is 446 g/mol. The fraction of sp³-hybridized carbons (Fsp3) is 0.100. The summed E-state index contributed by atoms with van der Waals surface area (Å²) in [5.74, 6) is -1.10. The highest BCUT2D eigenvalue weighted by molar-refractivity contribution is 7.92. The zero-order chi connectivity index (χ0) is 21.9. The van der Waals surface area contributed by atoms with E-state index in [0.29, 0.717) is 5.56 Å². The van der Waals surface area contributed by atoms with Crippen LogP contribution < -0.4 is 15.6 Å². The molecule has 7 nitrogen and oxygen atoms in total. The lowest BCUT2D eigenvalue weighted by Gasteiger charge is -2.11. The molecule has 2 aromatic carbocycles. The maximum atomic E-state index is 12.6. The van der Waals surface area contributed by atoms with E-state index in [0.717, 1.165) is 9.75 Å². The Morgan fingerprint density at radius 3 is 2.30 bits per heavy atom. The van der Waals surface area contributed by atoms with E-state index >= 15 is 0 Å². The van der Waals surface area contributed by atoms with Gasteiger partial charge in [-0.3, -0.25) is 25.2 Å². The smallest absolute Gasteiger partial charge is 0.270 e. The number of thiophene rings is 1. The topological polar surface area (TPSA) is 104 Å². The van der Waals surface area contributed by atoms with Gasteiger partial charge in [-0.2, -0.15) is 0 Å². The summed E-state index contributed by atoms with van der Waals surface area (Å²) in [6.07, 6.45) is 0. The molecule has 3 rings (SSSR count). The molecule has 0 fully saturated rings. The summed E-state index contributed by atoms with van der Waals surface area (Å²) in [6.45, 7) is 3.70. The molecule has 2 amide bonds. The lowest BCUT2D eigenvalue weighted by molar-refractivity contribution is 0.0846. The number of hydrazine groups is 1. The molecule has 0 atom stereocenters. The van der Waals surface area contributed by atoms with Gasteiger partial charge in [-0.15, -0.1) is 11.3 Å². The summed E-state index contributed by atoms with van der Waals surface area (Å²) in [4.78, 5) is 26.3. The van der Waals surface area contributed by atoms with E-state index in [4.69, 9.17) is 11.6 Å². The number of amides is 2. The van der Waals surface area contributed by atoms with Crippen molar-refractivity contribution in [2.75, 3.05) is 4.72 Å². The van der Waals surface area contributed by atoms with Crippen LogP contribution in [0.1, 0.15) is 30.5 Å². The van der Waals surface area contributed by atoms with Gasteiger partial charge in [-0.25, -0.2) is 8.42 Å². The lowest BCUT2D eigenvalue weighted by Crippen LogP contribution is -2.41. The molecule has 10 heteroatoms. The number of carbonyl (C=O) groups excluding carboxylic acids is 2. The molecule has 0 aliphatic heterocycles. The Morgan fingerprint density at radius 2 is 1.63 bits per heavy atom. The van der Waals surface area contributed by atoms with E-state index in [2.05, 4.69) is 15.6 Å². The second kappa shape index (κ2) is 8.86. The zero-order valence-corrected chi connectivity index (χ0v) is 18.4. The molecule has 0 aliphatic carbocycles. The van der Waals surface area contributed by atoms with Gasteiger partial charge in [0.1, 0.15) is 0 Å². The second-order valence-electron chi connectivity index (χ2n) is 6.35. The number of aryl methyl sites for hydroxylation is 2. The van der Waals surface area contributed by atoms with Gasteiger partial charge >= 0.3 is 0 Å². The number of halogens is 1. The van der Waals surface area contributed by atoms with E-state index in [9.17, 15) is 18.0 Å². The Labute approximate surface area is 183 Å². The Morgan fingerprint density at radius 1 is 0.933 bits per heavy atom. The van der Waals surface area contributed by atoms with E-state index in [1.54, 1.807) is 24.3 Å². The predicted octanol–water partition coefficient (Wildman–Crippen LogP) is 3.89. The molecule has 0 bridgehead atoms. The van der Waals surface area contributed by atoms with Gasteiger partial charge in [0.25, 0.3) is 21.8 Å². The number of carbonyl (C=O) groups is 2. The third-order valence-corrected chi connectivity index (χ3v) is 6.76. The first-order chi connectivity index (χ1) is 14.2. The van der Waals surface area contributed by atoms with Gasteiger partial charge in [0.05, 0.1) is 21.2 Å². The van der Waals surface area contributed by atoms with Crippen LogP contribution in [0.2, 0.25) is 5.02 Å². The minimum Gasteiger partial charge on any atom is -0.278 e. The van der Waals surface area contributed by atoms with Crippen molar-refractivity contribution in [3.8, 4) is 0 Å². The first kappa shape index (κ1) is 21.8. The van der Waals surface area contributed by atoms with Crippen LogP contribution in [-0.4, -0.2) is 20.2 Å². The van der Waals surface area contributed by atoms with Crippen molar-refractivity contribution < 1.29 is 18.0 Å². The highest BCUT2D eigenvalue weighted by atomic mass is 35.5. The van der Waals surface area contributed by atoms with Gasteiger partial charge < -0.3 is 0 Å². The van der Waals surface area contributed by atoms with Gasteiger partial charge in [0.15, 0.2) is 0 Å². The SMILES string of the molecule is Cc1cc(C(=O)NNC(=O)c2cccc(S(=O)(=O)Nc3ccccc3Cl)c2)c(C)s1. The summed E-state index contributed by atoms with van der Waals surface area (Å²) >= 11 is 7.48. The second-order valence-corrected chi connectivity index (χ2v) is 9.90. The molecule has 0 radical (unpaired) electrons. The molecule has 3 N–H and O–H groups in total. The minimum atomic E-state index is -3.97. The molecule has 1 heterocycles. The zero-order valence-electron chi connectivity index (χ0n) is 16.0. The lowest BCUT2D eigenvalue weighted by atomic mass is 10.2. The highest BCUT2D eigenvalue weighted by Gasteiger charge is 2.18. The van der Waals surface area contributed by atoms with Crippen LogP contribution in [0.25, 0.3) is 0 Å². The Hall–Kier alpha value is -2.88. The average Bonchev–Trinajstić information content (AvgIpc) is 3.05. The van der Waals surface area contributed by atoms with Gasteiger partial charge in [0, 0.05) is 15.3 Å². The monoisotopic (exact) mass is 463 g/mol. The largest absolute Gasteiger partial charge is 0.278 e. The summed E-state index contributed by atoms with van der Waals surface area (Å²) in [7, 11) is -3.97. The van der Waals surface area contributed by atoms with Gasteiger partial charge in [-0.05, 0) is 50.2 Å². The quantitative estimate of drug-likeness (QED) is 0.499. The fourth-order valence-electron chi connectivity index (χ4n) is 2.66. The number of hydrogen-bond donors (Lipinski definition) is 3. The van der Waals surface area contributed by atoms with Crippen LogP contribution in [0.4, 0.5) is 5.69 Å². The summed E-state index contributed by atoms with van der Waals surface area (Å²) in [6, 6.07) is 13.6. The molecule has 0 aliphatic rings. The molecule has 0 unspecified atom stereocenters. The maximum absolute atomic E-state index is 12.6. The van der Waals surface area contributed by atoms with E-state index in [1.807, 2.05) is 13.8 Å². The fourth-order valence-corrected chi connectivity index (χ4v) is 4.95. The van der Waals surface area contributed by atoms with Crippen molar-refractivity contribution in [1.29, 1.82) is 0 Å². The Kier molecular flexibility index (Phi) is 6.45. The summed E-state index contributed by atoms with van der Waals surface area (Å²) in [5, 5.41) is 0.247. The number of hydrogen-bond acceptors (Lipinski definition) is 5. The Balaban J connectivity index is 1.73. The number of anilines is 1. The maximum Gasteiger partial charge on any atom is 0.270 e. The van der Waals surface area contributed by atoms with E-state index < -0.39 is 21.8 Å². The third-order valence-electron chi connectivity index (χ3n) is 4.10. The highest BCUT2D eigenvalue weighted by Crippen LogP contribution is 2.24. The number of para-hydroxylation sites is 1. The average molecular weight is 464 g/mol. The molecular formula is C20H18ClN3O4S2. The molecule has 30 heavy (non-hydrogen) atoms. The van der Waals surface area contributed by atoms with Gasteiger partial charge in [0.2, 0.25) is 0 Å². The predicted molar refractivity (Wildman–Crippen MR) is 117 cm³/mol. The van der Waals surface area contributed by atoms with Crippen molar-refractivity contribution in [2.45, 2.75) is 18.7 Å². The minimum absolute atomic E-state index is 0.0653. The summed E-state index contributed by atoms with van der Waals surface area (Å²) < 4.78 is 27.7. The molecule has 1 aromatic heterocycles. The first-order valence-electron chi connectivity index (χ1n) is 8.72. The molecule has 0 saturated heterocycles. The Bertz CT molecular complexity index is 1220. The van der Waals surface area contributed by atoms with Crippen molar-refractivity contribution in [2.24, 2.45) is 0 Å². The van der Waals surface area contributed by atoms with Crippen LogP contribution in [0.15, 0.2) is 59.5 Å². The third kappa shape index (κ3) is 4.99. The van der Waals surface area contributed by atoms with Crippen LogP contribution in [0.5, 0.6) is 0 Å². The van der Waals surface area contributed by atoms with Crippen LogP contribution >= 0.6 is 22.9 Å². The van der Waals surface area contributed by atoms with Crippen molar-refractivity contribution in [3.05, 3.63) is 80.5 Å². The number of sulfonamides is 1. The number of rotatable bonds is 5. The van der Waals surface area contributed by atoms with E-state index in [1.165, 1.54) is 41.7 Å². The van der Waals surface area contributed by atoms with Crippen LogP contribution in [0.3, 0.4) is 0 Å². The van der Waals surface area contributed by atoms with Gasteiger partial charge in [-0.1, -0.05) is 29.8 Å². The first-order valence-corrected chi connectivity index (χ1v) is 11.4. The molecule has 3 aromatic rings. The number of nitrogens with one attached hydrogen (secondary N) is 3. The summed E-state index contributed by atoms with van der Waals surface area (Å²) in [5.41, 5.74) is 5.40. The van der Waals surface area contributed by atoms with Crippen molar-refractivity contribution in [3.63, 3.8) is 0 Å². The normalized spacial score (nSPS) is 11.0. The van der Waals surface area contributed by atoms with E-state index in [-0.39, 0.29) is 21.2 Å². The van der Waals surface area contributed by atoms with Crippen molar-refractivity contribution in [1.82, 2.24) is 10.9 Å². The van der Waals surface area contributed by atoms with Crippen LogP contribution in [-0.2, 0) is 10.0 Å². The van der Waals surface area contributed by atoms with Crippen molar-refractivity contribution >= 4 is 50.5 Å². The number of benzene rings is 2. The van der Waals surface area contributed by atoms with Crippen LogP contribution in [0, 0.1) is 13.8 Å². The molecule has 0 spiro atoms. The standard InChI is InChI=1S/C20H18ClN3O4S2/c1-12-10-16(13(2)29-12)20(26)23-22-19(25)14-6-5-7-15(11-14)30(27,28)24-18-9-4-3-8-17(18)21/h3-11,24H,1-2H3,(H,22,25)(H,23,26). The molecule has 0 saturated carbocycles.